The fraction of sp³-hybridized carbons (Fsp3) is 0.176. The summed E-state index contributed by atoms with van der Waals surface area (Å²) in [5, 5.41) is 2.86. The molecule has 112 valence electrons. The molecule has 3 aromatic rings. The predicted octanol–water partition coefficient (Wildman–Crippen LogP) is 3.00. The van der Waals surface area contributed by atoms with Crippen molar-refractivity contribution in [3.05, 3.63) is 63.6 Å². The molecule has 0 fully saturated rings. The number of hydrogen-bond donors (Lipinski definition) is 1. The second kappa shape index (κ2) is 5.18. The Bertz CT molecular complexity index is 914. The van der Waals surface area contributed by atoms with Crippen molar-refractivity contribution >= 4 is 22.7 Å². The van der Waals surface area contributed by atoms with Gasteiger partial charge in [0.25, 0.3) is 5.91 Å². The van der Waals surface area contributed by atoms with E-state index in [1.165, 1.54) is 4.57 Å². The molecule has 0 saturated heterocycles. The van der Waals surface area contributed by atoms with Gasteiger partial charge < -0.3 is 9.73 Å². The van der Waals surface area contributed by atoms with E-state index in [-0.39, 0.29) is 5.91 Å². The maximum atomic E-state index is 12.3. The van der Waals surface area contributed by atoms with E-state index >= 15 is 0 Å². The van der Waals surface area contributed by atoms with E-state index in [0.29, 0.717) is 16.7 Å². The molecule has 0 atom stereocenters. The number of fused-ring (bicyclic) bond motifs is 1. The van der Waals surface area contributed by atoms with E-state index in [1.54, 1.807) is 25.2 Å². The summed E-state index contributed by atoms with van der Waals surface area (Å²) in [6.07, 6.45) is 0. The first kappa shape index (κ1) is 14.1. The molecule has 1 aromatic heterocycles. The summed E-state index contributed by atoms with van der Waals surface area (Å²) in [5.74, 6) is -0.680. The monoisotopic (exact) mass is 296 g/mol. The van der Waals surface area contributed by atoms with Gasteiger partial charge in [0.05, 0.1) is 5.52 Å². The summed E-state index contributed by atoms with van der Waals surface area (Å²) in [6, 6.07) is 10.8. The van der Waals surface area contributed by atoms with Crippen LogP contribution in [0.15, 0.2) is 45.6 Å². The first-order valence-corrected chi connectivity index (χ1v) is 6.93. The SMILES string of the molecule is Cc1cc(C)cc(NC(=O)c2ccc3c(c2)oc(=O)n3C)c1. The third kappa shape index (κ3) is 2.53. The van der Waals surface area contributed by atoms with Crippen LogP contribution in [0.3, 0.4) is 0 Å². The molecular formula is C17H16N2O3. The number of carbonyl (C=O) groups excluding carboxylic acids is 1. The molecule has 0 aliphatic rings. The van der Waals surface area contributed by atoms with Crippen LogP contribution in [0.5, 0.6) is 0 Å². The lowest BCUT2D eigenvalue weighted by atomic mass is 10.1. The van der Waals surface area contributed by atoms with Crippen LogP contribution in [0.2, 0.25) is 0 Å². The summed E-state index contributed by atoms with van der Waals surface area (Å²) in [5.41, 5.74) is 4.42. The van der Waals surface area contributed by atoms with Gasteiger partial charge in [-0.1, -0.05) is 6.07 Å². The van der Waals surface area contributed by atoms with Crippen LogP contribution in [0.1, 0.15) is 21.5 Å². The normalized spacial score (nSPS) is 10.9. The van der Waals surface area contributed by atoms with E-state index in [9.17, 15) is 9.59 Å². The van der Waals surface area contributed by atoms with Gasteiger partial charge >= 0.3 is 5.76 Å². The third-order valence-corrected chi connectivity index (χ3v) is 3.53. The Hall–Kier alpha value is -2.82. The Kier molecular flexibility index (Phi) is 3.33. The van der Waals surface area contributed by atoms with Gasteiger partial charge in [0, 0.05) is 18.3 Å². The zero-order valence-electron chi connectivity index (χ0n) is 12.6. The quantitative estimate of drug-likeness (QED) is 0.790. The second-order valence-corrected chi connectivity index (χ2v) is 5.44. The largest absolute Gasteiger partial charge is 0.419 e. The van der Waals surface area contributed by atoms with E-state index in [0.717, 1.165) is 16.8 Å². The summed E-state index contributed by atoms with van der Waals surface area (Å²) in [6.45, 7) is 3.96. The number of oxazole rings is 1. The minimum Gasteiger partial charge on any atom is -0.408 e. The molecular weight excluding hydrogens is 280 g/mol. The van der Waals surface area contributed by atoms with Crippen LogP contribution in [-0.4, -0.2) is 10.5 Å². The highest BCUT2D eigenvalue weighted by Crippen LogP contribution is 2.18. The summed E-state index contributed by atoms with van der Waals surface area (Å²) < 4.78 is 6.51. The van der Waals surface area contributed by atoms with Crippen LogP contribution in [0, 0.1) is 13.8 Å². The molecule has 0 radical (unpaired) electrons. The van der Waals surface area contributed by atoms with E-state index < -0.39 is 5.76 Å². The molecule has 22 heavy (non-hydrogen) atoms. The van der Waals surface area contributed by atoms with Crippen LogP contribution in [0.25, 0.3) is 11.1 Å². The molecule has 3 rings (SSSR count). The Morgan fingerprint density at radius 2 is 1.77 bits per heavy atom. The number of benzene rings is 2. The van der Waals surface area contributed by atoms with E-state index in [4.69, 9.17) is 4.42 Å². The number of aromatic nitrogens is 1. The number of nitrogens with one attached hydrogen (secondary N) is 1. The van der Waals surface area contributed by atoms with Gasteiger partial charge in [-0.15, -0.1) is 0 Å². The van der Waals surface area contributed by atoms with Gasteiger partial charge in [-0.2, -0.15) is 0 Å². The number of hydrogen-bond acceptors (Lipinski definition) is 3. The van der Waals surface area contributed by atoms with Crippen molar-refractivity contribution in [2.24, 2.45) is 7.05 Å². The predicted molar refractivity (Wildman–Crippen MR) is 85.3 cm³/mol. The molecule has 0 saturated carbocycles. The number of nitrogens with zero attached hydrogens (tertiary/aromatic N) is 1. The van der Waals surface area contributed by atoms with Crippen LogP contribution < -0.4 is 11.1 Å². The standard InChI is InChI=1S/C17H16N2O3/c1-10-6-11(2)8-13(7-10)18-16(20)12-4-5-14-15(9-12)22-17(21)19(14)3/h4-9H,1-3H3,(H,18,20). The first-order valence-electron chi connectivity index (χ1n) is 6.93. The maximum Gasteiger partial charge on any atom is 0.419 e. The molecule has 1 heterocycles. The van der Waals surface area contributed by atoms with Crippen molar-refractivity contribution in [2.45, 2.75) is 13.8 Å². The molecule has 0 spiro atoms. The van der Waals surface area contributed by atoms with Crippen molar-refractivity contribution in [2.75, 3.05) is 5.32 Å². The molecule has 5 heteroatoms. The van der Waals surface area contributed by atoms with Crippen molar-refractivity contribution in [1.82, 2.24) is 4.57 Å². The summed E-state index contributed by atoms with van der Waals surface area (Å²) in [7, 11) is 1.63. The van der Waals surface area contributed by atoms with Crippen molar-refractivity contribution in [3.63, 3.8) is 0 Å². The lowest BCUT2D eigenvalue weighted by Gasteiger charge is -2.07. The number of rotatable bonds is 2. The number of aryl methyl sites for hydroxylation is 3. The van der Waals surface area contributed by atoms with Crippen LogP contribution in [0.4, 0.5) is 5.69 Å². The average molecular weight is 296 g/mol. The molecule has 2 aromatic carbocycles. The fourth-order valence-corrected chi connectivity index (χ4v) is 2.53. The van der Waals surface area contributed by atoms with Gasteiger partial charge in [-0.05, 0) is 55.3 Å². The molecule has 0 unspecified atom stereocenters. The number of carbonyl (C=O) groups is 1. The number of amides is 1. The average Bonchev–Trinajstić information content (AvgIpc) is 2.72. The molecule has 0 aliphatic carbocycles. The maximum absolute atomic E-state index is 12.3. The highest BCUT2D eigenvalue weighted by atomic mass is 16.4. The fourth-order valence-electron chi connectivity index (χ4n) is 2.53. The Morgan fingerprint density at radius 1 is 1.09 bits per heavy atom. The van der Waals surface area contributed by atoms with Gasteiger partial charge in [-0.3, -0.25) is 9.36 Å². The minimum atomic E-state index is -0.443. The highest BCUT2D eigenvalue weighted by Gasteiger charge is 2.11. The van der Waals surface area contributed by atoms with Crippen LogP contribution >= 0.6 is 0 Å². The van der Waals surface area contributed by atoms with E-state index in [2.05, 4.69) is 5.32 Å². The number of anilines is 1. The Morgan fingerprint density at radius 3 is 2.45 bits per heavy atom. The zero-order chi connectivity index (χ0) is 15.9. The second-order valence-electron chi connectivity index (χ2n) is 5.44. The lowest BCUT2D eigenvalue weighted by molar-refractivity contribution is 0.102. The Labute approximate surface area is 127 Å². The van der Waals surface area contributed by atoms with Gasteiger partial charge in [0.15, 0.2) is 5.58 Å². The first-order chi connectivity index (χ1) is 10.4. The minimum absolute atomic E-state index is 0.238. The van der Waals surface area contributed by atoms with Crippen molar-refractivity contribution < 1.29 is 9.21 Å². The van der Waals surface area contributed by atoms with E-state index in [1.807, 2.05) is 32.0 Å². The Balaban J connectivity index is 1.93. The summed E-state index contributed by atoms with van der Waals surface area (Å²) >= 11 is 0. The molecule has 0 aliphatic heterocycles. The highest BCUT2D eigenvalue weighted by molar-refractivity contribution is 6.05. The van der Waals surface area contributed by atoms with Gasteiger partial charge in [-0.25, -0.2) is 4.79 Å². The molecule has 0 bridgehead atoms. The summed E-state index contributed by atoms with van der Waals surface area (Å²) in [4.78, 5) is 23.8. The lowest BCUT2D eigenvalue weighted by Crippen LogP contribution is -2.12. The zero-order valence-corrected chi connectivity index (χ0v) is 12.6. The molecule has 1 amide bonds. The molecule has 1 N–H and O–H groups in total. The van der Waals surface area contributed by atoms with Gasteiger partial charge in [0.1, 0.15) is 0 Å². The third-order valence-electron chi connectivity index (χ3n) is 3.53. The molecule has 5 nitrogen and oxygen atoms in total. The van der Waals surface area contributed by atoms with Gasteiger partial charge in [0.2, 0.25) is 0 Å². The van der Waals surface area contributed by atoms with Crippen molar-refractivity contribution in [1.29, 1.82) is 0 Å². The topological polar surface area (TPSA) is 64.2 Å². The van der Waals surface area contributed by atoms with Crippen molar-refractivity contribution in [3.8, 4) is 0 Å². The smallest absolute Gasteiger partial charge is 0.408 e. The van der Waals surface area contributed by atoms with Crippen LogP contribution in [-0.2, 0) is 7.05 Å².